The van der Waals surface area contributed by atoms with E-state index in [9.17, 15) is 4.79 Å². The molecule has 5 heteroatoms. The molecule has 1 amide bonds. The summed E-state index contributed by atoms with van der Waals surface area (Å²) in [6.07, 6.45) is 0. The van der Waals surface area contributed by atoms with Crippen LogP contribution in [-0.2, 0) is 20.9 Å². The van der Waals surface area contributed by atoms with E-state index in [2.05, 4.69) is 0 Å². The van der Waals surface area contributed by atoms with E-state index in [1.165, 1.54) is 0 Å². The Hall–Kier alpha value is -1.59. The number of rotatable bonds is 4. The fourth-order valence-electron chi connectivity index (χ4n) is 1.84. The summed E-state index contributed by atoms with van der Waals surface area (Å²) in [5.41, 5.74) is 7.34. The Morgan fingerprint density at radius 2 is 2.17 bits per heavy atom. The first-order chi connectivity index (χ1) is 8.75. The molecule has 2 rings (SSSR count). The van der Waals surface area contributed by atoms with Crippen LogP contribution in [0.5, 0.6) is 0 Å². The fraction of sp³-hybridized carbons (Fsp3) is 0.462. The van der Waals surface area contributed by atoms with Gasteiger partial charge in [-0.1, -0.05) is 12.1 Å². The van der Waals surface area contributed by atoms with Crippen LogP contribution in [0.3, 0.4) is 0 Å². The molecule has 1 fully saturated rings. The van der Waals surface area contributed by atoms with Gasteiger partial charge >= 0.3 is 0 Å². The van der Waals surface area contributed by atoms with E-state index in [0.717, 1.165) is 5.56 Å². The zero-order valence-corrected chi connectivity index (χ0v) is 10.3. The van der Waals surface area contributed by atoms with Crippen molar-refractivity contribution in [2.75, 3.05) is 38.6 Å². The monoisotopic (exact) mass is 250 g/mol. The van der Waals surface area contributed by atoms with Crippen molar-refractivity contribution in [2.45, 2.75) is 6.61 Å². The molecule has 0 bridgehead atoms. The molecule has 18 heavy (non-hydrogen) atoms. The molecule has 1 aliphatic rings. The summed E-state index contributed by atoms with van der Waals surface area (Å²) >= 11 is 0. The van der Waals surface area contributed by atoms with Crippen molar-refractivity contribution < 1.29 is 14.3 Å². The topological polar surface area (TPSA) is 64.8 Å². The van der Waals surface area contributed by atoms with E-state index in [1.807, 2.05) is 24.3 Å². The lowest BCUT2D eigenvalue weighted by Gasteiger charge is -2.26. The number of nitrogens with zero attached hydrogens (tertiary/aromatic N) is 1. The summed E-state index contributed by atoms with van der Waals surface area (Å²) in [5.74, 6) is 0.0159. The smallest absolute Gasteiger partial charge is 0.248 e. The van der Waals surface area contributed by atoms with Gasteiger partial charge in [-0.2, -0.15) is 0 Å². The van der Waals surface area contributed by atoms with Gasteiger partial charge < -0.3 is 20.1 Å². The van der Waals surface area contributed by atoms with Gasteiger partial charge in [-0.3, -0.25) is 4.79 Å². The standard InChI is InChI=1S/C13H18N2O3/c14-12-3-1-2-11(8-12)9-18-10-13(16)15-4-6-17-7-5-15/h1-3,8H,4-7,9-10,14H2. The van der Waals surface area contributed by atoms with Crippen LogP contribution in [-0.4, -0.2) is 43.7 Å². The molecule has 0 atom stereocenters. The third kappa shape index (κ3) is 3.72. The number of morpholine rings is 1. The highest BCUT2D eigenvalue weighted by molar-refractivity contribution is 5.77. The van der Waals surface area contributed by atoms with Crippen LogP contribution >= 0.6 is 0 Å². The second-order valence-corrected chi connectivity index (χ2v) is 4.23. The van der Waals surface area contributed by atoms with E-state index in [-0.39, 0.29) is 12.5 Å². The molecule has 2 N–H and O–H groups in total. The number of hydrogen-bond acceptors (Lipinski definition) is 4. The third-order valence-electron chi connectivity index (χ3n) is 2.81. The minimum Gasteiger partial charge on any atom is -0.399 e. The van der Waals surface area contributed by atoms with Crippen LogP contribution in [0.15, 0.2) is 24.3 Å². The molecule has 5 nitrogen and oxygen atoms in total. The number of benzene rings is 1. The van der Waals surface area contributed by atoms with Gasteiger partial charge in [-0.15, -0.1) is 0 Å². The summed E-state index contributed by atoms with van der Waals surface area (Å²) in [7, 11) is 0. The quantitative estimate of drug-likeness (QED) is 0.797. The Balaban J connectivity index is 1.73. The van der Waals surface area contributed by atoms with Crippen LogP contribution in [0.1, 0.15) is 5.56 Å². The van der Waals surface area contributed by atoms with Crippen molar-refractivity contribution in [3.8, 4) is 0 Å². The molecule has 1 heterocycles. The van der Waals surface area contributed by atoms with Gasteiger partial charge in [-0.05, 0) is 17.7 Å². The second kappa shape index (κ2) is 6.37. The second-order valence-electron chi connectivity index (χ2n) is 4.23. The van der Waals surface area contributed by atoms with Crippen LogP contribution < -0.4 is 5.73 Å². The molecule has 0 aromatic heterocycles. The predicted octanol–water partition coefficient (Wildman–Crippen LogP) is 0.644. The molecule has 0 saturated carbocycles. The number of nitrogen functional groups attached to an aromatic ring is 1. The predicted molar refractivity (Wildman–Crippen MR) is 67.9 cm³/mol. The molecule has 1 saturated heterocycles. The highest BCUT2D eigenvalue weighted by Gasteiger charge is 2.16. The maximum Gasteiger partial charge on any atom is 0.248 e. The number of carbonyl (C=O) groups is 1. The molecular formula is C13H18N2O3. The van der Waals surface area contributed by atoms with Crippen molar-refractivity contribution in [3.63, 3.8) is 0 Å². The minimum atomic E-state index is 0.0159. The number of anilines is 1. The SMILES string of the molecule is Nc1cccc(COCC(=O)N2CCOCC2)c1. The third-order valence-corrected chi connectivity index (χ3v) is 2.81. The summed E-state index contributed by atoms with van der Waals surface area (Å²) in [5, 5.41) is 0. The Bertz CT molecular complexity index is 403. The van der Waals surface area contributed by atoms with Gasteiger partial charge in [0.05, 0.1) is 19.8 Å². The molecule has 1 aliphatic heterocycles. The Morgan fingerprint density at radius 3 is 2.89 bits per heavy atom. The van der Waals surface area contributed by atoms with Crippen LogP contribution in [0.4, 0.5) is 5.69 Å². The fourth-order valence-corrected chi connectivity index (χ4v) is 1.84. The molecule has 98 valence electrons. The maximum absolute atomic E-state index is 11.8. The van der Waals surface area contributed by atoms with E-state index in [0.29, 0.717) is 38.6 Å². The van der Waals surface area contributed by atoms with Crippen LogP contribution in [0, 0.1) is 0 Å². The largest absolute Gasteiger partial charge is 0.399 e. The average molecular weight is 250 g/mol. The molecule has 1 aromatic carbocycles. The van der Waals surface area contributed by atoms with E-state index in [1.54, 1.807) is 4.90 Å². The van der Waals surface area contributed by atoms with Gasteiger partial charge in [0.25, 0.3) is 0 Å². The number of hydrogen-bond donors (Lipinski definition) is 1. The normalized spacial score (nSPS) is 15.7. The molecule has 0 radical (unpaired) electrons. The van der Waals surface area contributed by atoms with Crippen molar-refractivity contribution in [1.82, 2.24) is 4.90 Å². The first kappa shape index (κ1) is 12.9. The zero-order valence-electron chi connectivity index (χ0n) is 10.3. The Kier molecular flexibility index (Phi) is 4.55. The molecule has 0 unspecified atom stereocenters. The maximum atomic E-state index is 11.8. The lowest BCUT2D eigenvalue weighted by Crippen LogP contribution is -2.42. The van der Waals surface area contributed by atoms with Gasteiger partial charge in [0.1, 0.15) is 6.61 Å². The number of carbonyl (C=O) groups excluding carboxylic acids is 1. The van der Waals surface area contributed by atoms with E-state index < -0.39 is 0 Å². The van der Waals surface area contributed by atoms with Crippen molar-refractivity contribution in [2.24, 2.45) is 0 Å². The zero-order chi connectivity index (χ0) is 12.8. The highest BCUT2D eigenvalue weighted by Crippen LogP contribution is 2.08. The van der Waals surface area contributed by atoms with Gasteiger partial charge in [0.2, 0.25) is 5.91 Å². The summed E-state index contributed by atoms with van der Waals surface area (Å²) in [6, 6.07) is 7.47. The number of ether oxygens (including phenoxy) is 2. The van der Waals surface area contributed by atoms with Crippen molar-refractivity contribution in [1.29, 1.82) is 0 Å². The summed E-state index contributed by atoms with van der Waals surface area (Å²) in [4.78, 5) is 13.5. The van der Waals surface area contributed by atoms with Crippen LogP contribution in [0.25, 0.3) is 0 Å². The van der Waals surface area contributed by atoms with Gasteiger partial charge in [-0.25, -0.2) is 0 Å². The highest BCUT2D eigenvalue weighted by atomic mass is 16.5. The Morgan fingerprint density at radius 1 is 1.39 bits per heavy atom. The molecule has 0 aliphatic carbocycles. The molecule has 1 aromatic rings. The first-order valence-electron chi connectivity index (χ1n) is 6.03. The van der Waals surface area contributed by atoms with E-state index >= 15 is 0 Å². The molecular weight excluding hydrogens is 232 g/mol. The number of nitrogens with two attached hydrogens (primary N) is 1. The van der Waals surface area contributed by atoms with Crippen molar-refractivity contribution in [3.05, 3.63) is 29.8 Å². The summed E-state index contributed by atoms with van der Waals surface area (Å²) in [6.45, 7) is 3.04. The average Bonchev–Trinajstić information content (AvgIpc) is 2.40. The van der Waals surface area contributed by atoms with Gasteiger partial charge in [0, 0.05) is 18.8 Å². The number of amides is 1. The lowest BCUT2D eigenvalue weighted by molar-refractivity contribution is -0.140. The molecule has 0 spiro atoms. The Labute approximate surface area is 106 Å². The van der Waals surface area contributed by atoms with E-state index in [4.69, 9.17) is 15.2 Å². The lowest BCUT2D eigenvalue weighted by atomic mass is 10.2. The minimum absolute atomic E-state index is 0.0159. The first-order valence-corrected chi connectivity index (χ1v) is 6.03. The van der Waals surface area contributed by atoms with Crippen molar-refractivity contribution >= 4 is 11.6 Å². The summed E-state index contributed by atoms with van der Waals surface area (Å²) < 4.78 is 10.6. The van der Waals surface area contributed by atoms with Crippen LogP contribution in [0.2, 0.25) is 0 Å². The van der Waals surface area contributed by atoms with Gasteiger partial charge in [0.15, 0.2) is 0 Å².